The Kier molecular flexibility index (Phi) is 2.78. The van der Waals surface area contributed by atoms with E-state index in [0.717, 1.165) is 29.8 Å². The molecule has 2 atom stereocenters. The minimum atomic E-state index is -0.374. The summed E-state index contributed by atoms with van der Waals surface area (Å²) in [6, 6.07) is 9.85. The molecule has 2 saturated heterocycles. The summed E-state index contributed by atoms with van der Waals surface area (Å²) in [7, 11) is 0. The Bertz CT molecular complexity index is 706. The lowest BCUT2D eigenvalue weighted by Gasteiger charge is -2.33. The van der Waals surface area contributed by atoms with Gasteiger partial charge < -0.3 is 10.2 Å². The Balaban J connectivity index is 1.67. The van der Waals surface area contributed by atoms with Crippen LogP contribution in [-0.4, -0.2) is 35.1 Å². The van der Waals surface area contributed by atoms with Gasteiger partial charge in [-0.3, -0.25) is 10.1 Å². The van der Waals surface area contributed by atoms with Crippen molar-refractivity contribution in [2.24, 2.45) is 0 Å². The minimum Gasteiger partial charge on any atom is -0.353 e. The maximum atomic E-state index is 10.8. The number of hydrogen-bond donors (Lipinski definition) is 1. The van der Waals surface area contributed by atoms with Gasteiger partial charge in [-0.15, -0.1) is 0 Å². The summed E-state index contributed by atoms with van der Waals surface area (Å²) in [6.07, 6.45) is 2.47. The van der Waals surface area contributed by atoms with Crippen LogP contribution >= 0.6 is 0 Å². The van der Waals surface area contributed by atoms with Crippen molar-refractivity contribution in [3.8, 4) is 0 Å². The summed E-state index contributed by atoms with van der Waals surface area (Å²) in [5.74, 6) is 0.967. The number of anilines is 1. The zero-order valence-electron chi connectivity index (χ0n) is 11.5. The molecule has 1 aromatic heterocycles. The Hall–Kier alpha value is -2.21. The SMILES string of the molecule is O=[N+]([O-])c1ccc2nc(N3CC4CCC(C3)N4)ccc2c1. The lowest BCUT2D eigenvalue weighted by atomic mass is 10.2. The molecular weight excluding hydrogens is 268 g/mol. The Morgan fingerprint density at radius 2 is 1.95 bits per heavy atom. The van der Waals surface area contributed by atoms with Crippen LogP contribution in [0.5, 0.6) is 0 Å². The fourth-order valence-corrected chi connectivity index (χ4v) is 3.38. The first-order chi connectivity index (χ1) is 10.2. The number of rotatable bonds is 2. The number of pyridine rings is 1. The van der Waals surface area contributed by atoms with Crippen LogP contribution in [-0.2, 0) is 0 Å². The van der Waals surface area contributed by atoms with Crippen LogP contribution in [0.4, 0.5) is 11.5 Å². The lowest BCUT2D eigenvalue weighted by molar-refractivity contribution is -0.384. The van der Waals surface area contributed by atoms with E-state index in [1.807, 2.05) is 12.1 Å². The molecule has 0 radical (unpaired) electrons. The maximum absolute atomic E-state index is 10.8. The van der Waals surface area contributed by atoms with Gasteiger partial charge in [0.1, 0.15) is 5.82 Å². The van der Waals surface area contributed by atoms with Gasteiger partial charge in [-0.1, -0.05) is 0 Å². The zero-order chi connectivity index (χ0) is 14.4. The number of fused-ring (bicyclic) bond motifs is 3. The van der Waals surface area contributed by atoms with Gasteiger partial charge in [0.05, 0.1) is 10.4 Å². The number of aromatic nitrogens is 1. The third-order valence-electron chi connectivity index (χ3n) is 4.41. The first kappa shape index (κ1) is 12.5. The van der Waals surface area contributed by atoms with Gasteiger partial charge in [-0.25, -0.2) is 4.98 Å². The molecule has 0 aliphatic carbocycles. The normalized spacial score (nSPS) is 24.5. The van der Waals surface area contributed by atoms with E-state index in [9.17, 15) is 10.1 Å². The van der Waals surface area contributed by atoms with Crippen molar-refractivity contribution in [1.29, 1.82) is 0 Å². The van der Waals surface area contributed by atoms with Gasteiger partial charge in [-0.05, 0) is 31.0 Å². The second-order valence-corrected chi connectivity index (χ2v) is 5.85. The molecule has 2 bridgehead atoms. The second kappa shape index (κ2) is 4.66. The summed E-state index contributed by atoms with van der Waals surface area (Å²) in [6.45, 7) is 1.98. The molecular formula is C15H16N4O2. The molecule has 0 saturated carbocycles. The third-order valence-corrected chi connectivity index (χ3v) is 4.41. The summed E-state index contributed by atoms with van der Waals surface area (Å²) in [5.41, 5.74) is 0.918. The topological polar surface area (TPSA) is 71.3 Å². The van der Waals surface area contributed by atoms with E-state index in [4.69, 9.17) is 0 Å². The highest BCUT2D eigenvalue weighted by Gasteiger charge is 2.32. The maximum Gasteiger partial charge on any atom is 0.270 e. The van der Waals surface area contributed by atoms with Crippen LogP contribution < -0.4 is 10.2 Å². The van der Waals surface area contributed by atoms with Gasteiger partial charge in [0.25, 0.3) is 5.69 Å². The molecule has 1 N–H and O–H groups in total. The highest BCUT2D eigenvalue weighted by atomic mass is 16.6. The number of benzene rings is 1. The molecule has 2 aliphatic rings. The summed E-state index contributed by atoms with van der Waals surface area (Å²) in [4.78, 5) is 17.4. The summed E-state index contributed by atoms with van der Waals surface area (Å²) in [5, 5.41) is 15.2. The number of nitrogens with zero attached hydrogens (tertiary/aromatic N) is 3. The Morgan fingerprint density at radius 3 is 2.67 bits per heavy atom. The van der Waals surface area contributed by atoms with E-state index in [1.165, 1.54) is 18.9 Å². The average molecular weight is 284 g/mol. The van der Waals surface area contributed by atoms with Crippen molar-refractivity contribution in [2.45, 2.75) is 24.9 Å². The van der Waals surface area contributed by atoms with Crippen molar-refractivity contribution in [2.75, 3.05) is 18.0 Å². The van der Waals surface area contributed by atoms with Crippen LogP contribution in [0.3, 0.4) is 0 Å². The first-order valence-electron chi connectivity index (χ1n) is 7.25. The average Bonchev–Trinajstić information content (AvgIpc) is 2.84. The number of nitrogens with one attached hydrogen (secondary N) is 1. The Labute approximate surface area is 121 Å². The smallest absolute Gasteiger partial charge is 0.270 e. The van der Waals surface area contributed by atoms with E-state index in [0.29, 0.717) is 12.1 Å². The monoisotopic (exact) mass is 284 g/mol. The predicted octanol–water partition coefficient (Wildman–Crippen LogP) is 2.08. The van der Waals surface area contributed by atoms with Crippen molar-refractivity contribution in [1.82, 2.24) is 10.3 Å². The van der Waals surface area contributed by atoms with E-state index in [-0.39, 0.29) is 10.6 Å². The molecule has 2 unspecified atom stereocenters. The molecule has 108 valence electrons. The number of hydrogen-bond acceptors (Lipinski definition) is 5. The van der Waals surface area contributed by atoms with Gasteiger partial charge in [0.2, 0.25) is 0 Å². The van der Waals surface area contributed by atoms with Gasteiger partial charge >= 0.3 is 0 Å². The van der Waals surface area contributed by atoms with E-state index >= 15 is 0 Å². The van der Waals surface area contributed by atoms with E-state index in [1.54, 1.807) is 12.1 Å². The Morgan fingerprint density at radius 1 is 1.19 bits per heavy atom. The van der Waals surface area contributed by atoms with E-state index < -0.39 is 0 Å². The van der Waals surface area contributed by atoms with Gasteiger partial charge in [0.15, 0.2) is 0 Å². The molecule has 0 amide bonds. The highest BCUT2D eigenvalue weighted by molar-refractivity contribution is 5.82. The van der Waals surface area contributed by atoms with Gasteiger partial charge in [0, 0.05) is 42.7 Å². The van der Waals surface area contributed by atoms with Gasteiger partial charge in [-0.2, -0.15) is 0 Å². The van der Waals surface area contributed by atoms with Crippen LogP contribution in [0.15, 0.2) is 30.3 Å². The lowest BCUT2D eigenvalue weighted by Crippen LogP contribution is -2.51. The van der Waals surface area contributed by atoms with Crippen LogP contribution in [0.2, 0.25) is 0 Å². The molecule has 3 heterocycles. The molecule has 4 rings (SSSR count). The van der Waals surface area contributed by atoms with Crippen LogP contribution in [0.1, 0.15) is 12.8 Å². The molecule has 6 nitrogen and oxygen atoms in total. The van der Waals surface area contributed by atoms with Crippen molar-refractivity contribution in [3.05, 3.63) is 40.4 Å². The largest absolute Gasteiger partial charge is 0.353 e. The van der Waals surface area contributed by atoms with Crippen LogP contribution in [0.25, 0.3) is 10.9 Å². The van der Waals surface area contributed by atoms with Crippen molar-refractivity contribution < 1.29 is 4.92 Å². The molecule has 21 heavy (non-hydrogen) atoms. The zero-order valence-corrected chi connectivity index (χ0v) is 11.5. The quantitative estimate of drug-likeness (QED) is 0.675. The number of non-ortho nitro benzene ring substituents is 1. The molecule has 2 aromatic rings. The van der Waals surface area contributed by atoms with E-state index in [2.05, 4.69) is 15.2 Å². The number of nitro groups is 1. The minimum absolute atomic E-state index is 0.109. The number of piperazine rings is 1. The standard InChI is InChI=1S/C15H16N4O2/c20-19(21)13-4-5-14-10(7-13)1-6-15(17-14)18-8-11-2-3-12(9-18)16-11/h1,4-7,11-12,16H,2-3,8-9H2. The van der Waals surface area contributed by atoms with Crippen LogP contribution in [0, 0.1) is 10.1 Å². The summed E-state index contributed by atoms with van der Waals surface area (Å²) >= 11 is 0. The molecule has 6 heteroatoms. The fourth-order valence-electron chi connectivity index (χ4n) is 3.38. The molecule has 0 spiro atoms. The summed E-state index contributed by atoms with van der Waals surface area (Å²) < 4.78 is 0. The molecule has 2 aliphatic heterocycles. The molecule has 1 aromatic carbocycles. The first-order valence-corrected chi connectivity index (χ1v) is 7.25. The van der Waals surface area contributed by atoms with Crippen molar-refractivity contribution in [3.63, 3.8) is 0 Å². The van der Waals surface area contributed by atoms with Crippen molar-refractivity contribution >= 4 is 22.4 Å². The third kappa shape index (κ3) is 2.21. The molecule has 2 fully saturated rings. The highest BCUT2D eigenvalue weighted by Crippen LogP contribution is 2.26. The number of nitro benzene ring substituents is 1. The second-order valence-electron chi connectivity index (χ2n) is 5.85. The predicted molar refractivity (Wildman–Crippen MR) is 80.6 cm³/mol. The fraction of sp³-hybridized carbons (Fsp3) is 0.400.